The maximum absolute atomic E-state index is 12.6. The molecule has 0 fully saturated rings. The third kappa shape index (κ3) is 4.02. The van der Waals surface area contributed by atoms with Crippen molar-refractivity contribution in [3.63, 3.8) is 0 Å². The fourth-order valence-electron chi connectivity index (χ4n) is 3.18. The lowest BCUT2D eigenvalue weighted by Crippen LogP contribution is -2.14. The van der Waals surface area contributed by atoms with Gasteiger partial charge in [-0.1, -0.05) is 67.6 Å². The molecule has 2 aromatic rings. The van der Waals surface area contributed by atoms with E-state index in [1.807, 2.05) is 67.6 Å². The number of aliphatic hydroxyl groups excluding tert-OH is 1. The SMILES string of the molecule is C[C@@H](CC(=O)C1=C(O)C(CCc2ccccc2)OC1=O)c1ccccc1. The van der Waals surface area contributed by atoms with Crippen LogP contribution in [0.3, 0.4) is 0 Å². The molecule has 1 unspecified atom stereocenters. The van der Waals surface area contributed by atoms with Crippen molar-refractivity contribution in [1.29, 1.82) is 0 Å². The fourth-order valence-corrected chi connectivity index (χ4v) is 3.18. The molecule has 1 N–H and O–H groups in total. The Morgan fingerprint density at radius 1 is 1.08 bits per heavy atom. The molecular formula is C22H22O4. The van der Waals surface area contributed by atoms with Crippen LogP contribution in [-0.2, 0) is 20.7 Å². The van der Waals surface area contributed by atoms with E-state index in [1.54, 1.807) is 0 Å². The molecule has 1 aliphatic heterocycles. The first-order chi connectivity index (χ1) is 12.6. The third-order valence-electron chi connectivity index (χ3n) is 4.69. The molecular weight excluding hydrogens is 328 g/mol. The molecule has 26 heavy (non-hydrogen) atoms. The van der Waals surface area contributed by atoms with Gasteiger partial charge < -0.3 is 9.84 Å². The summed E-state index contributed by atoms with van der Waals surface area (Å²) in [7, 11) is 0. The second-order valence-corrected chi connectivity index (χ2v) is 6.62. The molecule has 0 amide bonds. The van der Waals surface area contributed by atoms with E-state index < -0.39 is 12.1 Å². The predicted octanol–water partition coefficient (Wildman–Crippen LogP) is 4.12. The summed E-state index contributed by atoms with van der Waals surface area (Å²) >= 11 is 0. The summed E-state index contributed by atoms with van der Waals surface area (Å²) in [5.41, 5.74) is 1.92. The molecule has 3 rings (SSSR count). The second kappa shape index (κ2) is 8.00. The minimum Gasteiger partial charge on any atom is -0.507 e. The smallest absolute Gasteiger partial charge is 0.346 e. The lowest BCUT2D eigenvalue weighted by Gasteiger charge is -2.10. The van der Waals surface area contributed by atoms with Crippen molar-refractivity contribution in [2.24, 2.45) is 0 Å². The number of ketones is 1. The Bertz CT molecular complexity index is 809. The molecule has 0 saturated heterocycles. The molecule has 0 bridgehead atoms. The van der Waals surface area contributed by atoms with Gasteiger partial charge in [0.25, 0.3) is 0 Å². The Balaban J connectivity index is 1.66. The van der Waals surface area contributed by atoms with Gasteiger partial charge in [0.05, 0.1) is 0 Å². The summed E-state index contributed by atoms with van der Waals surface area (Å²) in [6.07, 6.45) is 0.523. The van der Waals surface area contributed by atoms with Crippen LogP contribution < -0.4 is 0 Å². The maximum Gasteiger partial charge on any atom is 0.346 e. The van der Waals surface area contributed by atoms with Gasteiger partial charge in [-0.2, -0.15) is 0 Å². The van der Waals surface area contributed by atoms with Crippen LogP contribution in [0.1, 0.15) is 36.8 Å². The first kappa shape index (κ1) is 17.9. The van der Waals surface area contributed by atoms with Crippen molar-refractivity contribution < 1.29 is 19.4 Å². The first-order valence-electron chi connectivity index (χ1n) is 8.82. The molecule has 4 nitrogen and oxygen atoms in total. The van der Waals surface area contributed by atoms with Gasteiger partial charge in [0.1, 0.15) is 5.57 Å². The Kier molecular flexibility index (Phi) is 5.52. The normalized spacial score (nSPS) is 17.9. The van der Waals surface area contributed by atoms with E-state index in [0.717, 1.165) is 11.1 Å². The quantitative estimate of drug-likeness (QED) is 0.603. The van der Waals surface area contributed by atoms with Crippen LogP contribution >= 0.6 is 0 Å². The molecule has 4 heteroatoms. The lowest BCUT2D eigenvalue weighted by molar-refractivity contribution is -0.141. The average molecular weight is 350 g/mol. The molecule has 1 aliphatic rings. The molecule has 1 heterocycles. The zero-order chi connectivity index (χ0) is 18.5. The minimum atomic E-state index is -0.742. The van der Waals surface area contributed by atoms with Crippen molar-refractivity contribution in [3.8, 4) is 0 Å². The van der Waals surface area contributed by atoms with Crippen LogP contribution in [0.15, 0.2) is 72.0 Å². The summed E-state index contributed by atoms with van der Waals surface area (Å²) < 4.78 is 5.23. The van der Waals surface area contributed by atoms with E-state index in [2.05, 4.69) is 0 Å². The number of ether oxygens (including phenoxy) is 1. The number of carbonyl (C=O) groups excluding carboxylic acids is 2. The number of esters is 1. The number of aryl methyl sites for hydroxylation is 1. The fraction of sp³-hybridized carbons (Fsp3) is 0.273. The number of Topliss-reactive ketones (excluding diaryl/α,β-unsaturated/α-hetero) is 1. The molecule has 0 radical (unpaired) electrons. The standard InChI is InChI=1S/C22H22O4/c1-15(17-10-6-3-7-11-17)14-18(23)20-21(24)19(26-22(20)25)13-12-16-8-4-2-5-9-16/h2-11,15,19,24H,12-14H2,1H3/t15-,19?/m0/s1. The monoisotopic (exact) mass is 350 g/mol. The number of aliphatic hydroxyl groups is 1. The van der Waals surface area contributed by atoms with Crippen molar-refractivity contribution >= 4 is 11.8 Å². The number of cyclic esters (lactones) is 1. The van der Waals surface area contributed by atoms with Gasteiger partial charge in [-0.05, 0) is 29.9 Å². The highest BCUT2D eigenvalue weighted by molar-refractivity contribution is 6.19. The number of hydrogen-bond acceptors (Lipinski definition) is 4. The summed E-state index contributed by atoms with van der Waals surface area (Å²) in [6.45, 7) is 1.93. The van der Waals surface area contributed by atoms with Gasteiger partial charge >= 0.3 is 5.97 Å². The van der Waals surface area contributed by atoms with Crippen LogP contribution in [-0.4, -0.2) is 23.0 Å². The maximum atomic E-state index is 12.6. The highest BCUT2D eigenvalue weighted by Gasteiger charge is 2.38. The summed E-state index contributed by atoms with van der Waals surface area (Å²) in [4.78, 5) is 24.7. The predicted molar refractivity (Wildman–Crippen MR) is 98.8 cm³/mol. The van der Waals surface area contributed by atoms with Gasteiger partial charge in [0, 0.05) is 6.42 Å². The van der Waals surface area contributed by atoms with Gasteiger partial charge in [-0.3, -0.25) is 4.79 Å². The van der Waals surface area contributed by atoms with Crippen LogP contribution in [0.2, 0.25) is 0 Å². The van der Waals surface area contributed by atoms with Crippen LogP contribution in [0.25, 0.3) is 0 Å². The lowest BCUT2D eigenvalue weighted by atomic mass is 9.92. The average Bonchev–Trinajstić information content (AvgIpc) is 2.95. The molecule has 134 valence electrons. The van der Waals surface area contributed by atoms with Gasteiger partial charge in [0.15, 0.2) is 17.6 Å². The van der Waals surface area contributed by atoms with Crippen LogP contribution in [0.5, 0.6) is 0 Å². The van der Waals surface area contributed by atoms with E-state index in [-0.39, 0.29) is 29.5 Å². The Morgan fingerprint density at radius 3 is 2.35 bits per heavy atom. The van der Waals surface area contributed by atoms with E-state index in [4.69, 9.17) is 4.74 Å². The second-order valence-electron chi connectivity index (χ2n) is 6.62. The van der Waals surface area contributed by atoms with Crippen LogP contribution in [0.4, 0.5) is 0 Å². The molecule has 2 atom stereocenters. The number of hydrogen-bond donors (Lipinski definition) is 1. The van der Waals surface area contributed by atoms with Crippen molar-refractivity contribution in [2.75, 3.05) is 0 Å². The number of rotatable bonds is 7. The van der Waals surface area contributed by atoms with Gasteiger partial charge in [-0.25, -0.2) is 4.79 Å². The summed E-state index contributed by atoms with van der Waals surface area (Å²) in [5, 5.41) is 10.4. The zero-order valence-corrected chi connectivity index (χ0v) is 14.7. The largest absolute Gasteiger partial charge is 0.507 e. The molecule has 0 aliphatic carbocycles. The highest BCUT2D eigenvalue weighted by Crippen LogP contribution is 2.28. The molecule has 0 aromatic heterocycles. The first-order valence-corrected chi connectivity index (χ1v) is 8.82. The Morgan fingerprint density at radius 2 is 1.69 bits per heavy atom. The molecule has 0 saturated carbocycles. The third-order valence-corrected chi connectivity index (χ3v) is 4.69. The minimum absolute atomic E-state index is 0.0415. The van der Waals surface area contributed by atoms with Gasteiger partial charge in [0.2, 0.25) is 0 Å². The zero-order valence-electron chi connectivity index (χ0n) is 14.7. The highest BCUT2D eigenvalue weighted by atomic mass is 16.6. The summed E-state index contributed by atoms with van der Waals surface area (Å²) in [6, 6.07) is 19.4. The van der Waals surface area contributed by atoms with E-state index in [1.165, 1.54) is 0 Å². The number of carbonyl (C=O) groups is 2. The van der Waals surface area contributed by atoms with E-state index in [0.29, 0.717) is 12.8 Å². The molecule has 2 aromatic carbocycles. The summed E-state index contributed by atoms with van der Waals surface area (Å²) in [5.74, 6) is -1.35. The molecule has 0 spiro atoms. The van der Waals surface area contributed by atoms with Crippen molar-refractivity contribution in [2.45, 2.75) is 38.2 Å². The Labute approximate surface area is 153 Å². The Hall–Kier alpha value is -2.88. The van der Waals surface area contributed by atoms with E-state index in [9.17, 15) is 14.7 Å². The van der Waals surface area contributed by atoms with Crippen molar-refractivity contribution in [1.82, 2.24) is 0 Å². The topological polar surface area (TPSA) is 63.6 Å². The van der Waals surface area contributed by atoms with Crippen molar-refractivity contribution in [3.05, 3.63) is 83.1 Å². The van der Waals surface area contributed by atoms with Gasteiger partial charge in [-0.15, -0.1) is 0 Å². The number of benzene rings is 2. The van der Waals surface area contributed by atoms with E-state index >= 15 is 0 Å². The van der Waals surface area contributed by atoms with Crippen LogP contribution in [0, 0.1) is 0 Å².